The van der Waals surface area contributed by atoms with Gasteiger partial charge in [0.2, 0.25) is 0 Å². The van der Waals surface area contributed by atoms with Gasteiger partial charge >= 0.3 is 6.18 Å². The molecule has 0 spiro atoms. The summed E-state index contributed by atoms with van der Waals surface area (Å²) in [4.78, 5) is 3.30. The molecule has 1 heterocycles. The predicted octanol–water partition coefficient (Wildman–Crippen LogP) is 3.63. The monoisotopic (exact) mass is 403 g/mol. The van der Waals surface area contributed by atoms with Crippen LogP contribution < -0.4 is 0 Å². The summed E-state index contributed by atoms with van der Waals surface area (Å²) >= 11 is 0. The molecular formula is C16H10F5N3O2S. The molecule has 11 heteroatoms. The van der Waals surface area contributed by atoms with Crippen LogP contribution in [0.25, 0.3) is 17.1 Å². The van der Waals surface area contributed by atoms with E-state index in [2.05, 4.69) is 10.1 Å². The highest BCUT2D eigenvalue weighted by Crippen LogP contribution is 2.31. The highest BCUT2D eigenvalue weighted by atomic mass is 32.2. The van der Waals surface area contributed by atoms with Crippen LogP contribution in [-0.4, -0.2) is 29.4 Å². The first-order valence-corrected chi connectivity index (χ1v) is 9.15. The topological polar surface area (TPSA) is 64.8 Å². The van der Waals surface area contributed by atoms with E-state index in [1.807, 2.05) is 0 Å². The number of nitrogens with zero attached hydrogens (tertiary/aromatic N) is 3. The number of aromatic nitrogens is 3. The highest BCUT2D eigenvalue weighted by molar-refractivity contribution is 7.90. The summed E-state index contributed by atoms with van der Waals surface area (Å²) < 4.78 is 89.8. The van der Waals surface area contributed by atoms with Gasteiger partial charge in [-0.25, -0.2) is 26.9 Å². The average molecular weight is 403 g/mol. The fraction of sp³-hybridized carbons (Fsp3) is 0.125. The summed E-state index contributed by atoms with van der Waals surface area (Å²) in [5.74, 6) is -3.96. The fourth-order valence-electron chi connectivity index (χ4n) is 2.32. The molecule has 0 bridgehead atoms. The number of alkyl halides is 3. The van der Waals surface area contributed by atoms with Crippen molar-refractivity contribution in [3.8, 4) is 17.1 Å². The van der Waals surface area contributed by atoms with Gasteiger partial charge in [-0.05, 0) is 36.4 Å². The minimum atomic E-state index is -4.89. The van der Waals surface area contributed by atoms with Gasteiger partial charge < -0.3 is 0 Å². The van der Waals surface area contributed by atoms with Crippen molar-refractivity contribution < 1.29 is 30.4 Å². The fourth-order valence-corrected chi connectivity index (χ4v) is 2.95. The summed E-state index contributed by atoms with van der Waals surface area (Å²) in [6.45, 7) is 0. The number of hydrogen-bond donors (Lipinski definition) is 0. The molecule has 3 rings (SSSR count). The van der Waals surface area contributed by atoms with Crippen LogP contribution in [0.5, 0.6) is 0 Å². The van der Waals surface area contributed by atoms with Crippen molar-refractivity contribution in [3.63, 3.8) is 0 Å². The Kier molecular flexibility index (Phi) is 4.50. The number of hydrogen-bond acceptors (Lipinski definition) is 4. The molecule has 0 radical (unpaired) electrons. The molecule has 0 aliphatic heterocycles. The Morgan fingerprint density at radius 2 is 1.52 bits per heavy atom. The second-order valence-corrected chi connectivity index (χ2v) is 7.61. The van der Waals surface area contributed by atoms with Crippen LogP contribution in [0, 0.1) is 11.6 Å². The van der Waals surface area contributed by atoms with Crippen LogP contribution in [-0.2, 0) is 16.0 Å². The molecular weight excluding hydrogens is 393 g/mol. The Morgan fingerprint density at radius 1 is 0.963 bits per heavy atom. The number of halogens is 5. The largest absolute Gasteiger partial charge is 0.453 e. The van der Waals surface area contributed by atoms with Crippen LogP contribution in [0.15, 0.2) is 47.4 Å². The Hall–Kier alpha value is -2.82. The molecule has 0 unspecified atom stereocenters. The SMILES string of the molecule is CS(=O)(=O)c1ccc(-n2nc(C(F)(F)F)nc2-c2cc(F)cc(F)c2)cc1. The predicted molar refractivity (Wildman–Crippen MR) is 84.8 cm³/mol. The molecule has 0 saturated heterocycles. The molecule has 0 fully saturated rings. The molecule has 0 N–H and O–H groups in total. The third-order valence-corrected chi connectivity index (χ3v) is 4.62. The van der Waals surface area contributed by atoms with Crippen LogP contribution in [0.4, 0.5) is 22.0 Å². The normalized spacial score (nSPS) is 12.4. The molecule has 0 saturated carbocycles. The second kappa shape index (κ2) is 6.41. The summed E-state index contributed by atoms with van der Waals surface area (Å²) in [7, 11) is -3.52. The maximum Gasteiger partial charge on any atom is 0.453 e. The Balaban J connectivity index is 2.21. The van der Waals surface area contributed by atoms with Crippen molar-refractivity contribution >= 4 is 9.84 Å². The molecule has 2 aromatic carbocycles. The first kappa shape index (κ1) is 19.0. The van der Waals surface area contributed by atoms with Gasteiger partial charge in [-0.15, -0.1) is 5.10 Å². The van der Waals surface area contributed by atoms with Crippen LogP contribution in [0.2, 0.25) is 0 Å². The molecule has 0 aliphatic rings. The zero-order valence-corrected chi connectivity index (χ0v) is 14.3. The maximum absolute atomic E-state index is 13.5. The van der Waals surface area contributed by atoms with Gasteiger partial charge in [0.15, 0.2) is 15.7 Å². The van der Waals surface area contributed by atoms with Gasteiger partial charge in [-0.1, -0.05) is 0 Å². The summed E-state index contributed by atoms with van der Waals surface area (Å²) in [5, 5.41) is 3.37. The average Bonchev–Trinajstić information content (AvgIpc) is 2.99. The molecule has 27 heavy (non-hydrogen) atoms. The van der Waals surface area contributed by atoms with E-state index in [0.29, 0.717) is 6.07 Å². The highest BCUT2D eigenvalue weighted by Gasteiger charge is 2.37. The lowest BCUT2D eigenvalue weighted by atomic mass is 10.2. The van der Waals surface area contributed by atoms with E-state index in [-0.39, 0.29) is 16.1 Å². The van der Waals surface area contributed by atoms with E-state index >= 15 is 0 Å². The van der Waals surface area contributed by atoms with E-state index in [1.165, 1.54) is 24.3 Å². The molecule has 0 aliphatic carbocycles. The quantitative estimate of drug-likeness (QED) is 0.627. The standard InChI is InChI=1S/C16H10F5N3O2S/c1-27(25,26)13-4-2-12(3-5-13)24-14(22-15(23-24)16(19,20)21)9-6-10(17)8-11(18)7-9/h2-8H,1H3. The van der Waals surface area contributed by atoms with E-state index in [4.69, 9.17) is 0 Å². The number of benzene rings is 2. The lowest BCUT2D eigenvalue weighted by molar-refractivity contribution is -0.144. The van der Waals surface area contributed by atoms with E-state index < -0.39 is 39.3 Å². The first-order valence-electron chi connectivity index (χ1n) is 7.26. The molecule has 0 amide bonds. The van der Waals surface area contributed by atoms with E-state index in [9.17, 15) is 30.4 Å². The van der Waals surface area contributed by atoms with Gasteiger partial charge in [-0.2, -0.15) is 13.2 Å². The molecule has 3 aromatic rings. The Morgan fingerprint density at radius 3 is 2.00 bits per heavy atom. The molecule has 0 atom stereocenters. The molecule has 5 nitrogen and oxygen atoms in total. The lowest BCUT2D eigenvalue weighted by Gasteiger charge is -2.07. The number of rotatable bonds is 3. The van der Waals surface area contributed by atoms with E-state index in [1.54, 1.807) is 0 Å². The van der Waals surface area contributed by atoms with Crippen molar-refractivity contribution in [2.45, 2.75) is 11.1 Å². The lowest BCUT2D eigenvalue weighted by Crippen LogP contribution is -2.08. The maximum atomic E-state index is 13.5. The van der Waals surface area contributed by atoms with Crippen LogP contribution >= 0.6 is 0 Å². The third-order valence-electron chi connectivity index (χ3n) is 3.49. The zero-order chi connectivity index (χ0) is 20.0. The van der Waals surface area contributed by atoms with Crippen molar-refractivity contribution in [2.75, 3.05) is 6.26 Å². The van der Waals surface area contributed by atoms with Crippen molar-refractivity contribution in [1.82, 2.24) is 14.8 Å². The Bertz CT molecular complexity index is 1090. The molecule has 1 aromatic heterocycles. The van der Waals surface area contributed by atoms with Gasteiger partial charge in [-0.3, -0.25) is 0 Å². The summed E-state index contributed by atoms with van der Waals surface area (Å²) in [5.41, 5.74) is -0.229. The molecule has 142 valence electrons. The van der Waals surface area contributed by atoms with Gasteiger partial charge in [0.1, 0.15) is 11.6 Å². The van der Waals surface area contributed by atoms with Gasteiger partial charge in [0, 0.05) is 17.9 Å². The van der Waals surface area contributed by atoms with Crippen molar-refractivity contribution in [3.05, 3.63) is 59.9 Å². The van der Waals surface area contributed by atoms with Crippen molar-refractivity contribution in [2.24, 2.45) is 0 Å². The summed E-state index contributed by atoms with van der Waals surface area (Å²) in [6, 6.07) is 6.97. The third kappa shape index (κ3) is 3.97. The van der Waals surface area contributed by atoms with E-state index in [0.717, 1.165) is 23.1 Å². The smallest absolute Gasteiger partial charge is 0.224 e. The van der Waals surface area contributed by atoms with Crippen molar-refractivity contribution in [1.29, 1.82) is 0 Å². The number of sulfone groups is 1. The first-order chi connectivity index (χ1) is 12.4. The zero-order valence-electron chi connectivity index (χ0n) is 13.5. The van der Waals surface area contributed by atoms with Gasteiger partial charge in [0.05, 0.1) is 10.6 Å². The van der Waals surface area contributed by atoms with Gasteiger partial charge in [0.25, 0.3) is 5.82 Å². The minimum Gasteiger partial charge on any atom is -0.224 e. The minimum absolute atomic E-state index is 0.0325. The Labute approximate surface area is 150 Å². The van der Waals surface area contributed by atoms with Crippen LogP contribution in [0.3, 0.4) is 0 Å². The second-order valence-electron chi connectivity index (χ2n) is 5.59. The summed E-state index contributed by atoms with van der Waals surface area (Å²) in [6.07, 6.45) is -3.92. The van der Waals surface area contributed by atoms with Crippen LogP contribution in [0.1, 0.15) is 5.82 Å².